The molecule has 286 valence electrons. The zero-order chi connectivity index (χ0) is 37.4. The summed E-state index contributed by atoms with van der Waals surface area (Å²) in [4.78, 5) is 32.1. The van der Waals surface area contributed by atoms with Crippen molar-refractivity contribution in [3.63, 3.8) is 0 Å². The second kappa shape index (κ2) is 24.3. The van der Waals surface area contributed by atoms with E-state index < -0.39 is 0 Å². The molecule has 4 aromatic rings. The summed E-state index contributed by atoms with van der Waals surface area (Å²) in [5.74, 6) is 1.89. The molecule has 2 aromatic carbocycles. The number of ether oxygens (including phenoxy) is 5. The highest BCUT2D eigenvalue weighted by Gasteiger charge is 2.12. The first-order chi connectivity index (χ1) is 26.0. The van der Waals surface area contributed by atoms with Crippen LogP contribution in [0.1, 0.15) is 73.1 Å². The molecule has 0 aliphatic rings. The van der Waals surface area contributed by atoms with Gasteiger partial charge in [0.1, 0.15) is 17.8 Å². The van der Waals surface area contributed by atoms with Crippen molar-refractivity contribution in [2.24, 2.45) is 7.05 Å². The van der Waals surface area contributed by atoms with E-state index in [0.717, 1.165) is 74.4 Å². The monoisotopic (exact) mass is 731 g/mol. The Morgan fingerprint density at radius 3 is 2.15 bits per heavy atom. The highest BCUT2D eigenvalue weighted by Crippen LogP contribution is 2.17. The van der Waals surface area contributed by atoms with Crippen LogP contribution in [0.15, 0.2) is 67.1 Å². The number of carbonyl (C=O) groups excluding carboxylic acids is 2. The van der Waals surface area contributed by atoms with Crippen LogP contribution < -0.4 is 15.4 Å². The third-order valence-corrected chi connectivity index (χ3v) is 8.32. The number of hydrogen-bond acceptors (Lipinski definition) is 12. The Kier molecular flexibility index (Phi) is 18.8. The average Bonchev–Trinajstić information content (AvgIpc) is 3.57. The van der Waals surface area contributed by atoms with Crippen LogP contribution in [-0.2, 0) is 43.9 Å². The first-order valence-electron chi connectivity index (χ1n) is 18.3. The molecule has 0 spiro atoms. The molecule has 0 unspecified atom stereocenters. The maximum Gasteiger partial charge on any atom is 0.305 e. The number of benzene rings is 2. The molecule has 0 radical (unpaired) electrons. The second-order valence-corrected chi connectivity index (χ2v) is 12.3. The fraction of sp³-hybridized carbons (Fsp3) is 0.487. The molecule has 53 heavy (non-hydrogen) atoms. The van der Waals surface area contributed by atoms with Gasteiger partial charge in [0.25, 0.3) is 5.91 Å². The lowest BCUT2D eigenvalue weighted by Crippen LogP contribution is -2.22. The maximum absolute atomic E-state index is 12.9. The van der Waals surface area contributed by atoms with Crippen LogP contribution in [0.2, 0.25) is 0 Å². The molecule has 0 fully saturated rings. The molecule has 0 bridgehead atoms. The van der Waals surface area contributed by atoms with Gasteiger partial charge in [-0.3, -0.25) is 9.59 Å². The summed E-state index contributed by atoms with van der Waals surface area (Å²) in [5.41, 5.74) is 3.05. The maximum atomic E-state index is 12.9. The summed E-state index contributed by atoms with van der Waals surface area (Å²) in [6.45, 7) is 5.17. The minimum absolute atomic E-state index is 0.156. The van der Waals surface area contributed by atoms with Crippen LogP contribution >= 0.6 is 0 Å². The molecule has 0 saturated carbocycles. The molecule has 2 heterocycles. The number of anilines is 1. The summed E-state index contributed by atoms with van der Waals surface area (Å²) >= 11 is 0. The van der Waals surface area contributed by atoms with E-state index in [1.54, 1.807) is 18.3 Å². The Balaban J connectivity index is 0.983. The van der Waals surface area contributed by atoms with Crippen molar-refractivity contribution < 1.29 is 33.3 Å². The summed E-state index contributed by atoms with van der Waals surface area (Å²) < 4.78 is 29.1. The van der Waals surface area contributed by atoms with Gasteiger partial charge in [-0.1, -0.05) is 31.0 Å². The zero-order valence-corrected chi connectivity index (χ0v) is 31.0. The number of amides is 1. The third kappa shape index (κ3) is 15.7. The van der Waals surface area contributed by atoms with E-state index in [2.05, 4.69) is 35.5 Å². The zero-order valence-electron chi connectivity index (χ0n) is 31.0. The van der Waals surface area contributed by atoms with Gasteiger partial charge in [-0.25, -0.2) is 9.97 Å². The van der Waals surface area contributed by atoms with E-state index in [1.807, 2.05) is 54.1 Å². The van der Waals surface area contributed by atoms with Gasteiger partial charge in [0.15, 0.2) is 11.6 Å². The van der Waals surface area contributed by atoms with Crippen molar-refractivity contribution in [3.8, 4) is 17.3 Å². The predicted molar refractivity (Wildman–Crippen MR) is 200 cm³/mol. The smallest absolute Gasteiger partial charge is 0.305 e. The van der Waals surface area contributed by atoms with E-state index in [4.69, 9.17) is 18.9 Å². The molecule has 0 aliphatic heterocycles. The Bertz CT molecular complexity index is 1620. The predicted octanol–water partition coefficient (Wildman–Crippen LogP) is 5.54. The Morgan fingerprint density at radius 2 is 1.45 bits per heavy atom. The minimum atomic E-state index is -0.158. The van der Waals surface area contributed by atoms with Gasteiger partial charge in [-0.05, 0) is 74.1 Å². The number of hydrogen-bond donors (Lipinski definition) is 2. The van der Waals surface area contributed by atoms with Gasteiger partial charge in [-0.2, -0.15) is 0 Å². The van der Waals surface area contributed by atoms with Crippen LogP contribution in [-0.4, -0.2) is 90.0 Å². The molecular weight excluding hydrogens is 678 g/mol. The van der Waals surface area contributed by atoms with Gasteiger partial charge in [0, 0.05) is 50.7 Å². The summed E-state index contributed by atoms with van der Waals surface area (Å²) in [6.07, 6.45) is 10.5. The highest BCUT2D eigenvalue weighted by atomic mass is 16.5. The lowest BCUT2D eigenvalue weighted by molar-refractivity contribution is -0.140. The van der Waals surface area contributed by atoms with Crippen LogP contribution in [0, 0.1) is 0 Å². The quantitative estimate of drug-likeness (QED) is 0.0584. The van der Waals surface area contributed by atoms with Gasteiger partial charge < -0.3 is 38.9 Å². The Labute approximate surface area is 312 Å². The van der Waals surface area contributed by atoms with Gasteiger partial charge in [0.2, 0.25) is 0 Å². The van der Waals surface area contributed by atoms with Crippen molar-refractivity contribution in [2.45, 2.75) is 64.5 Å². The molecule has 14 heteroatoms. The van der Waals surface area contributed by atoms with Crippen LogP contribution in [0.4, 0.5) is 5.69 Å². The van der Waals surface area contributed by atoms with E-state index in [9.17, 15) is 9.59 Å². The number of aromatic nitrogens is 5. The number of esters is 1. The Hall–Kier alpha value is -4.92. The van der Waals surface area contributed by atoms with Crippen molar-refractivity contribution in [1.29, 1.82) is 0 Å². The van der Waals surface area contributed by atoms with Crippen molar-refractivity contribution in [2.75, 3.05) is 58.7 Å². The normalized spacial score (nSPS) is 11.0. The van der Waals surface area contributed by atoms with Crippen LogP contribution in [0.25, 0.3) is 11.5 Å². The van der Waals surface area contributed by atoms with Crippen LogP contribution in [0.3, 0.4) is 0 Å². The average molecular weight is 732 g/mol. The SMILES string of the molecule is COC(=O)CCCCCOCCOCCOCCCCCCOc1ccc(CNC(=O)c2cccc(NCc3nnc(-c4ccncn4)n3C)c2)cc1. The number of unbranched alkanes of at least 4 members (excludes halogenated alkanes) is 5. The summed E-state index contributed by atoms with van der Waals surface area (Å²) in [6, 6.07) is 17.0. The molecule has 2 aromatic heterocycles. The second-order valence-electron chi connectivity index (χ2n) is 12.3. The van der Waals surface area contributed by atoms with Gasteiger partial charge in [-0.15, -0.1) is 10.2 Å². The van der Waals surface area contributed by atoms with E-state index in [0.29, 0.717) is 76.2 Å². The summed E-state index contributed by atoms with van der Waals surface area (Å²) in [7, 11) is 3.30. The first kappa shape index (κ1) is 40.8. The molecule has 4 rings (SSSR count). The lowest BCUT2D eigenvalue weighted by Gasteiger charge is -2.10. The van der Waals surface area contributed by atoms with Gasteiger partial charge in [0.05, 0.1) is 46.7 Å². The molecule has 14 nitrogen and oxygen atoms in total. The first-order valence-corrected chi connectivity index (χ1v) is 18.3. The number of carbonyl (C=O) groups is 2. The topological polar surface area (TPSA) is 161 Å². The fourth-order valence-electron chi connectivity index (χ4n) is 5.24. The summed E-state index contributed by atoms with van der Waals surface area (Å²) in [5, 5.41) is 14.9. The van der Waals surface area contributed by atoms with Gasteiger partial charge >= 0.3 is 5.97 Å². The highest BCUT2D eigenvalue weighted by molar-refractivity contribution is 5.95. The van der Waals surface area contributed by atoms with E-state index in [1.165, 1.54) is 13.4 Å². The molecule has 2 N–H and O–H groups in total. The van der Waals surface area contributed by atoms with Crippen molar-refractivity contribution in [1.82, 2.24) is 30.0 Å². The fourth-order valence-corrected chi connectivity index (χ4v) is 5.24. The lowest BCUT2D eigenvalue weighted by atomic mass is 10.1. The minimum Gasteiger partial charge on any atom is -0.494 e. The largest absolute Gasteiger partial charge is 0.494 e. The number of nitrogens with zero attached hydrogens (tertiary/aromatic N) is 5. The van der Waals surface area contributed by atoms with E-state index in [-0.39, 0.29) is 11.9 Å². The molecule has 0 saturated heterocycles. The number of nitrogens with one attached hydrogen (secondary N) is 2. The standard InChI is InChI=1S/C39H53N7O7/c1-46-36(44-45-38(46)35-18-19-40-30-43-35)29-41-33-12-10-11-32(27-33)39(48)42-28-31-14-16-34(17-15-31)53-22-9-4-3-7-20-50-23-25-52-26-24-51-21-8-5-6-13-37(47)49-2/h10-12,14-19,27,30,41H,3-9,13,20-26,28-29H2,1-2H3,(H,42,48). The molecule has 0 aliphatic carbocycles. The molecule has 0 atom stereocenters. The Morgan fingerprint density at radius 1 is 0.755 bits per heavy atom. The van der Waals surface area contributed by atoms with Crippen molar-refractivity contribution in [3.05, 3.63) is 84.1 Å². The number of rotatable bonds is 27. The number of methoxy groups -OCH3 is 1. The molecular formula is C39H53N7O7. The van der Waals surface area contributed by atoms with Crippen LogP contribution in [0.5, 0.6) is 5.75 Å². The van der Waals surface area contributed by atoms with E-state index >= 15 is 0 Å². The van der Waals surface area contributed by atoms with Crippen molar-refractivity contribution >= 4 is 17.6 Å². The third-order valence-electron chi connectivity index (χ3n) is 8.32. The molecule has 1 amide bonds.